The van der Waals surface area contributed by atoms with Crippen LogP contribution in [0.2, 0.25) is 0 Å². The van der Waals surface area contributed by atoms with E-state index in [9.17, 15) is 9.90 Å². The quantitative estimate of drug-likeness (QED) is 0.561. The Balaban J connectivity index is 2.72. The molecule has 2 rings (SSSR count). The van der Waals surface area contributed by atoms with Crippen LogP contribution in [0.5, 0.6) is 11.5 Å². The first-order valence-corrected chi connectivity index (χ1v) is 9.81. The minimum atomic E-state index is -0.928. The Hall–Kier alpha value is -2.95. The Kier molecular flexibility index (Phi) is 7.32. The molecule has 2 aromatic rings. The molecule has 0 atom stereocenters. The minimum Gasteiger partial charge on any atom is -0.496 e. The summed E-state index contributed by atoms with van der Waals surface area (Å²) in [4.78, 5) is 11.5. The van der Waals surface area contributed by atoms with Crippen molar-refractivity contribution in [2.45, 2.75) is 47.1 Å². The molecule has 0 aliphatic carbocycles. The summed E-state index contributed by atoms with van der Waals surface area (Å²) in [7, 11) is 3.25. The molecule has 0 heterocycles. The number of hydrogen-bond donors (Lipinski definition) is 2. The molecule has 2 aromatic carbocycles. The van der Waals surface area contributed by atoms with Gasteiger partial charge in [-0.1, -0.05) is 19.1 Å². The zero-order chi connectivity index (χ0) is 21.7. The van der Waals surface area contributed by atoms with Crippen molar-refractivity contribution in [1.29, 1.82) is 0 Å². The molecule has 156 valence electrons. The van der Waals surface area contributed by atoms with Gasteiger partial charge in [0.15, 0.2) is 0 Å². The van der Waals surface area contributed by atoms with E-state index in [1.807, 2.05) is 32.9 Å². The number of carboxylic acids is 1. The van der Waals surface area contributed by atoms with Gasteiger partial charge >= 0.3 is 5.97 Å². The van der Waals surface area contributed by atoms with Gasteiger partial charge in [-0.2, -0.15) is 0 Å². The summed E-state index contributed by atoms with van der Waals surface area (Å²) in [5.41, 5.74) is 5.83. The number of nitrogens with one attached hydrogen (secondary N) is 1. The second-order valence-electron chi connectivity index (χ2n) is 7.31. The smallest absolute Gasteiger partial charge is 0.331 e. The van der Waals surface area contributed by atoms with Crippen LogP contribution in [-0.2, 0) is 4.79 Å². The maximum Gasteiger partial charge on any atom is 0.331 e. The number of anilines is 1. The average Bonchev–Trinajstić information content (AvgIpc) is 2.68. The lowest BCUT2D eigenvalue weighted by molar-refractivity contribution is -0.132. The van der Waals surface area contributed by atoms with Crippen LogP contribution < -0.4 is 14.8 Å². The summed E-state index contributed by atoms with van der Waals surface area (Å²) in [6.07, 6.45) is 2.11. The average molecular weight is 398 g/mol. The molecule has 0 spiro atoms. The van der Waals surface area contributed by atoms with Gasteiger partial charge in [0.1, 0.15) is 11.5 Å². The fraction of sp³-hybridized carbons (Fsp3) is 0.375. The van der Waals surface area contributed by atoms with Gasteiger partial charge in [0.25, 0.3) is 0 Å². The van der Waals surface area contributed by atoms with Gasteiger partial charge in [-0.05, 0) is 57.9 Å². The van der Waals surface area contributed by atoms with Gasteiger partial charge < -0.3 is 19.9 Å². The van der Waals surface area contributed by atoms with Crippen molar-refractivity contribution < 1.29 is 19.4 Å². The molecule has 0 amide bonds. The summed E-state index contributed by atoms with van der Waals surface area (Å²) >= 11 is 0. The van der Waals surface area contributed by atoms with Gasteiger partial charge in [0.2, 0.25) is 0 Å². The van der Waals surface area contributed by atoms with Crippen LogP contribution in [0.15, 0.2) is 29.8 Å². The monoisotopic (exact) mass is 397 g/mol. The summed E-state index contributed by atoms with van der Waals surface area (Å²) in [5.74, 6) is 0.456. The molecule has 0 aliphatic rings. The molecular formula is C24H31NO4. The number of hydrogen-bond acceptors (Lipinski definition) is 4. The van der Waals surface area contributed by atoms with Crippen molar-refractivity contribution in [3.63, 3.8) is 0 Å². The van der Waals surface area contributed by atoms with Crippen molar-refractivity contribution in [2.24, 2.45) is 0 Å². The number of ether oxygens (including phenoxy) is 2. The largest absolute Gasteiger partial charge is 0.496 e. The third kappa shape index (κ3) is 4.73. The highest BCUT2D eigenvalue weighted by atomic mass is 16.5. The number of carbonyl (C=O) groups is 1. The highest BCUT2D eigenvalue weighted by molar-refractivity contribution is 5.94. The molecule has 0 saturated heterocycles. The predicted molar refractivity (Wildman–Crippen MR) is 119 cm³/mol. The SMILES string of the molecule is CCC(=Cc1c(C)c(OC)c(-c2ccc(NC(C)C)cc2)c(C)c1OC)C(=O)O. The van der Waals surface area contributed by atoms with E-state index >= 15 is 0 Å². The molecule has 0 aliphatic heterocycles. The van der Waals surface area contributed by atoms with Gasteiger partial charge in [0.05, 0.1) is 14.2 Å². The second-order valence-corrected chi connectivity index (χ2v) is 7.31. The first-order chi connectivity index (χ1) is 13.7. The maximum atomic E-state index is 11.5. The summed E-state index contributed by atoms with van der Waals surface area (Å²) < 4.78 is 11.5. The molecule has 0 unspecified atom stereocenters. The Bertz CT molecular complexity index is 912. The first kappa shape index (κ1) is 22.3. The van der Waals surface area contributed by atoms with E-state index < -0.39 is 5.97 Å². The fourth-order valence-corrected chi connectivity index (χ4v) is 3.56. The van der Waals surface area contributed by atoms with Crippen LogP contribution in [0, 0.1) is 13.8 Å². The van der Waals surface area contributed by atoms with E-state index in [-0.39, 0.29) is 0 Å². The highest BCUT2D eigenvalue weighted by Crippen LogP contribution is 2.45. The summed E-state index contributed by atoms with van der Waals surface area (Å²) in [6.45, 7) is 9.93. The minimum absolute atomic E-state index is 0.324. The van der Waals surface area contributed by atoms with E-state index in [2.05, 4.69) is 31.3 Å². The molecule has 0 aromatic heterocycles. The molecular weight excluding hydrogens is 366 g/mol. The van der Waals surface area contributed by atoms with Crippen LogP contribution in [0.1, 0.15) is 43.9 Å². The van der Waals surface area contributed by atoms with Crippen LogP contribution >= 0.6 is 0 Å². The Morgan fingerprint density at radius 3 is 2.10 bits per heavy atom. The standard InChI is InChI=1S/C24H31NO4/c1-8-17(24(26)27)13-20-15(4)23(29-7)21(16(5)22(20)28-6)18-9-11-19(12-10-18)25-14(2)3/h9-14,25H,8H2,1-7H3,(H,26,27). The zero-order valence-electron chi connectivity index (χ0n) is 18.3. The molecule has 5 nitrogen and oxygen atoms in total. The number of aliphatic carboxylic acids is 1. The van der Waals surface area contributed by atoms with E-state index in [1.165, 1.54) is 0 Å². The van der Waals surface area contributed by atoms with Crippen molar-refractivity contribution in [3.8, 4) is 22.6 Å². The number of methoxy groups -OCH3 is 2. The molecule has 0 fully saturated rings. The van der Waals surface area contributed by atoms with Gasteiger partial charge in [-0.3, -0.25) is 0 Å². The van der Waals surface area contributed by atoms with Crippen LogP contribution in [0.25, 0.3) is 17.2 Å². The fourth-order valence-electron chi connectivity index (χ4n) is 3.56. The lowest BCUT2D eigenvalue weighted by Gasteiger charge is -2.21. The summed E-state index contributed by atoms with van der Waals surface area (Å²) in [6, 6.07) is 8.55. The predicted octanol–water partition coefficient (Wildman–Crippen LogP) is 5.69. The maximum absolute atomic E-state index is 11.5. The van der Waals surface area contributed by atoms with Crippen LogP contribution in [0.3, 0.4) is 0 Å². The second kappa shape index (κ2) is 9.50. The van der Waals surface area contributed by atoms with Gasteiger partial charge in [-0.25, -0.2) is 4.79 Å². The third-order valence-electron chi connectivity index (χ3n) is 4.94. The van der Waals surface area contributed by atoms with E-state index in [0.717, 1.165) is 39.3 Å². The van der Waals surface area contributed by atoms with Gasteiger partial charge in [0, 0.05) is 39.6 Å². The van der Waals surface area contributed by atoms with Crippen LogP contribution in [0.4, 0.5) is 5.69 Å². The normalized spacial score (nSPS) is 11.5. The Labute approximate surface area is 173 Å². The lowest BCUT2D eigenvalue weighted by Crippen LogP contribution is -2.09. The van der Waals surface area contributed by atoms with Gasteiger partial charge in [-0.15, -0.1) is 0 Å². The van der Waals surface area contributed by atoms with Crippen molar-refractivity contribution in [3.05, 3.63) is 46.5 Å². The Morgan fingerprint density at radius 2 is 1.66 bits per heavy atom. The molecule has 2 N–H and O–H groups in total. The summed E-state index contributed by atoms with van der Waals surface area (Å²) in [5, 5.41) is 12.8. The van der Waals surface area contributed by atoms with E-state index in [1.54, 1.807) is 20.3 Å². The number of benzene rings is 2. The Morgan fingerprint density at radius 1 is 1.07 bits per heavy atom. The number of rotatable bonds is 8. The van der Waals surface area contributed by atoms with Crippen molar-refractivity contribution >= 4 is 17.7 Å². The molecule has 0 radical (unpaired) electrons. The first-order valence-electron chi connectivity index (χ1n) is 9.81. The lowest BCUT2D eigenvalue weighted by atomic mass is 9.91. The van der Waals surface area contributed by atoms with Crippen molar-refractivity contribution in [2.75, 3.05) is 19.5 Å². The number of carboxylic acid groups (broad SMARTS) is 1. The van der Waals surface area contributed by atoms with Crippen LogP contribution in [-0.4, -0.2) is 31.3 Å². The van der Waals surface area contributed by atoms with Crippen molar-refractivity contribution in [1.82, 2.24) is 0 Å². The molecule has 0 saturated carbocycles. The third-order valence-corrected chi connectivity index (χ3v) is 4.94. The zero-order valence-corrected chi connectivity index (χ0v) is 18.3. The highest BCUT2D eigenvalue weighted by Gasteiger charge is 2.22. The molecule has 29 heavy (non-hydrogen) atoms. The van der Waals surface area contributed by atoms with E-state index in [0.29, 0.717) is 23.8 Å². The molecule has 0 bridgehead atoms. The topological polar surface area (TPSA) is 67.8 Å². The van der Waals surface area contributed by atoms with E-state index in [4.69, 9.17) is 9.47 Å². The molecule has 5 heteroatoms.